The molecule has 1 N–H and O–H groups in total. The van der Waals surface area contributed by atoms with Gasteiger partial charge in [-0.15, -0.1) is 0 Å². The number of nitrogens with one attached hydrogen (secondary N) is 1. The highest BCUT2D eigenvalue weighted by Gasteiger charge is 2.33. The van der Waals surface area contributed by atoms with Crippen molar-refractivity contribution in [2.75, 3.05) is 24.6 Å². The molecule has 1 amide bonds. The first-order chi connectivity index (χ1) is 10.4. The third-order valence-corrected chi connectivity index (χ3v) is 5.92. The molecule has 3 heterocycles. The zero-order valence-electron chi connectivity index (χ0n) is 12.5. The standard InChI is InChI=1S/C13H20N4O4S/c1-9-14-13(16-21-9)11-3-2-5-17(11)7-12(18)15-10-4-6-22(19,20)8-10/h10-11H,2-8H2,1H3,(H,15,18)/t10-,11+/m0/s1. The van der Waals surface area contributed by atoms with Gasteiger partial charge in [0.25, 0.3) is 0 Å². The van der Waals surface area contributed by atoms with Crippen molar-refractivity contribution in [2.45, 2.75) is 38.3 Å². The number of carbonyl (C=O) groups excluding carboxylic acids is 1. The molecule has 2 atom stereocenters. The molecule has 9 heteroatoms. The van der Waals surface area contributed by atoms with Crippen LogP contribution in [0.15, 0.2) is 4.52 Å². The van der Waals surface area contributed by atoms with Gasteiger partial charge in [-0.2, -0.15) is 4.98 Å². The predicted octanol–water partition coefficient (Wildman–Crippen LogP) is -0.182. The topological polar surface area (TPSA) is 105 Å². The van der Waals surface area contributed by atoms with Crippen LogP contribution < -0.4 is 5.32 Å². The van der Waals surface area contributed by atoms with Gasteiger partial charge in [0.15, 0.2) is 15.7 Å². The quantitative estimate of drug-likeness (QED) is 0.817. The first-order valence-electron chi connectivity index (χ1n) is 7.47. The van der Waals surface area contributed by atoms with E-state index in [1.54, 1.807) is 6.92 Å². The maximum Gasteiger partial charge on any atom is 0.234 e. The molecule has 0 saturated carbocycles. The van der Waals surface area contributed by atoms with E-state index in [-0.39, 0.29) is 36.0 Å². The number of nitrogens with zero attached hydrogens (tertiary/aromatic N) is 3. The third kappa shape index (κ3) is 3.46. The lowest BCUT2D eigenvalue weighted by atomic mass is 10.2. The van der Waals surface area contributed by atoms with Crippen LogP contribution in [-0.4, -0.2) is 60.0 Å². The minimum Gasteiger partial charge on any atom is -0.351 e. The lowest BCUT2D eigenvalue weighted by Gasteiger charge is -2.22. The lowest BCUT2D eigenvalue weighted by molar-refractivity contribution is -0.123. The van der Waals surface area contributed by atoms with Crippen LogP contribution in [0.25, 0.3) is 0 Å². The van der Waals surface area contributed by atoms with E-state index in [0.29, 0.717) is 18.1 Å². The van der Waals surface area contributed by atoms with Gasteiger partial charge in [-0.25, -0.2) is 8.42 Å². The van der Waals surface area contributed by atoms with Gasteiger partial charge in [-0.05, 0) is 25.8 Å². The summed E-state index contributed by atoms with van der Waals surface area (Å²) in [7, 11) is -2.98. The average Bonchev–Trinajstić information content (AvgIpc) is 3.11. The Bertz CT molecular complexity index is 657. The number of sulfone groups is 1. The smallest absolute Gasteiger partial charge is 0.234 e. The summed E-state index contributed by atoms with van der Waals surface area (Å²) in [6.07, 6.45) is 2.37. The van der Waals surface area contributed by atoms with Gasteiger partial charge in [0.1, 0.15) is 0 Å². The summed E-state index contributed by atoms with van der Waals surface area (Å²) >= 11 is 0. The average molecular weight is 328 g/mol. The first-order valence-corrected chi connectivity index (χ1v) is 9.29. The Kier molecular flexibility index (Phi) is 4.18. The Morgan fingerprint density at radius 2 is 2.27 bits per heavy atom. The minimum atomic E-state index is -2.98. The number of hydrogen-bond donors (Lipinski definition) is 1. The summed E-state index contributed by atoms with van der Waals surface area (Å²) in [6.45, 7) is 2.77. The maximum absolute atomic E-state index is 12.1. The van der Waals surface area contributed by atoms with E-state index in [0.717, 1.165) is 19.4 Å². The number of rotatable bonds is 4. The van der Waals surface area contributed by atoms with Gasteiger partial charge in [-0.3, -0.25) is 9.69 Å². The SMILES string of the molecule is Cc1nc([C@H]2CCCN2CC(=O)N[C@H]2CCS(=O)(=O)C2)no1. The second-order valence-electron chi connectivity index (χ2n) is 5.97. The molecule has 1 aromatic heterocycles. The van der Waals surface area contributed by atoms with E-state index in [1.807, 2.05) is 4.90 Å². The molecule has 8 nitrogen and oxygen atoms in total. The fraction of sp³-hybridized carbons (Fsp3) is 0.769. The van der Waals surface area contributed by atoms with Crippen LogP contribution in [0, 0.1) is 6.92 Å². The zero-order valence-corrected chi connectivity index (χ0v) is 13.3. The van der Waals surface area contributed by atoms with Crippen molar-refractivity contribution >= 4 is 15.7 Å². The Morgan fingerprint density at radius 1 is 1.45 bits per heavy atom. The summed E-state index contributed by atoms with van der Waals surface area (Å²) in [4.78, 5) is 18.4. The van der Waals surface area contributed by atoms with Crippen LogP contribution >= 0.6 is 0 Å². The van der Waals surface area contributed by atoms with Crippen LogP contribution in [0.2, 0.25) is 0 Å². The number of amides is 1. The summed E-state index contributed by atoms with van der Waals surface area (Å²) in [5.74, 6) is 1.20. The van der Waals surface area contributed by atoms with Crippen molar-refractivity contribution in [2.24, 2.45) is 0 Å². The van der Waals surface area contributed by atoms with Crippen LogP contribution in [-0.2, 0) is 14.6 Å². The highest BCUT2D eigenvalue weighted by atomic mass is 32.2. The molecule has 0 radical (unpaired) electrons. The third-order valence-electron chi connectivity index (χ3n) is 4.15. The molecule has 0 spiro atoms. The Morgan fingerprint density at radius 3 is 2.91 bits per heavy atom. The molecule has 3 rings (SSSR count). The predicted molar refractivity (Wildman–Crippen MR) is 77.8 cm³/mol. The van der Waals surface area contributed by atoms with Crippen LogP contribution in [0.3, 0.4) is 0 Å². The highest BCUT2D eigenvalue weighted by molar-refractivity contribution is 7.91. The molecular formula is C13H20N4O4S. The van der Waals surface area contributed by atoms with Gasteiger partial charge < -0.3 is 9.84 Å². The maximum atomic E-state index is 12.1. The molecule has 1 aromatic rings. The van der Waals surface area contributed by atoms with E-state index in [2.05, 4.69) is 15.5 Å². The molecule has 0 unspecified atom stereocenters. The first kappa shape index (κ1) is 15.4. The fourth-order valence-corrected chi connectivity index (χ4v) is 4.80. The monoisotopic (exact) mass is 328 g/mol. The van der Waals surface area contributed by atoms with Crippen molar-refractivity contribution in [3.63, 3.8) is 0 Å². The van der Waals surface area contributed by atoms with E-state index >= 15 is 0 Å². The highest BCUT2D eigenvalue weighted by Crippen LogP contribution is 2.29. The number of carbonyl (C=O) groups is 1. The van der Waals surface area contributed by atoms with Gasteiger partial charge in [0.05, 0.1) is 24.1 Å². The van der Waals surface area contributed by atoms with Gasteiger partial charge in [-0.1, -0.05) is 5.16 Å². The molecular weight excluding hydrogens is 308 g/mol. The molecule has 2 aliphatic heterocycles. The fourth-order valence-electron chi connectivity index (χ4n) is 3.12. The molecule has 2 aliphatic rings. The Labute approximate surface area is 129 Å². The summed E-state index contributed by atoms with van der Waals surface area (Å²) in [5, 5.41) is 6.75. The van der Waals surface area contributed by atoms with Crippen molar-refractivity contribution in [1.29, 1.82) is 0 Å². The molecule has 22 heavy (non-hydrogen) atoms. The number of hydrogen-bond acceptors (Lipinski definition) is 7. The van der Waals surface area contributed by atoms with Crippen LogP contribution in [0.5, 0.6) is 0 Å². The summed E-state index contributed by atoms with van der Waals surface area (Å²) < 4.78 is 27.8. The van der Waals surface area contributed by atoms with Gasteiger partial charge >= 0.3 is 0 Å². The summed E-state index contributed by atoms with van der Waals surface area (Å²) in [5.41, 5.74) is 0. The Balaban J connectivity index is 1.56. The van der Waals surface area contributed by atoms with E-state index < -0.39 is 9.84 Å². The minimum absolute atomic E-state index is 0.00416. The molecule has 2 saturated heterocycles. The van der Waals surface area contributed by atoms with Gasteiger partial charge in [0.2, 0.25) is 11.8 Å². The second-order valence-corrected chi connectivity index (χ2v) is 8.20. The molecule has 0 aliphatic carbocycles. The van der Waals surface area contributed by atoms with Crippen molar-refractivity contribution < 1.29 is 17.7 Å². The van der Waals surface area contributed by atoms with Crippen molar-refractivity contribution in [3.8, 4) is 0 Å². The molecule has 0 aromatic carbocycles. The molecule has 0 bridgehead atoms. The molecule has 122 valence electrons. The Hall–Kier alpha value is -1.48. The normalized spacial score (nSPS) is 28.0. The lowest BCUT2D eigenvalue weighted by Crippen LogP contribution is -2.42. The summed E-state index contributed by atoms with van der Waals surface area (Å²) in [6, 6.07) is -0.263. The number of aryl methyl sites for hydroxylation is 1. The number of likely N-dealkylation sites (tertiary alicyclic amines) is 1. The van der Waals surface area contributed by atoms with Crippen LogP contribution in [0.1, 0.15) is 37.0 Å². The zero-order chi connectivity index (χ0) is 15.7. The van der Waals surface area contributed by atoms with Crippen molar-refractivity contribution in [3.05, 3.63) is 11.7 Å². The van der Waals surface area contributed by atoms with E-state index in [9.17, 15) is 13.2 Å². The van der Waals surface area contributed by atoms with Crippen LogP contribution in [0.4, 0.5) is 0 Å². The largest absolute Gasteiger partial charge is 0.351 e. The second kappa shape index (κ2) is 5.96. The molecule has 2 fully saturated rings. The van der Waals surface area contributed by atoms with Gasteiger partial charge in [0, 0.05) is 13.0 Å². The van der Waals surface area contributed by atoms with Crippen molar-refractivity contribution in [1.82, 2.24) is 20.4 Å². The number of aromatic nitrogens is 2. The van der Waals surface area contributed by atoms with E-state index in [4.69, 9.17) is 4.52 Å². The van der Waals surface area contributed by atoms with E-state index in [1.165, 1.54) is 0 Å².